The molecule has 5 rings (SSSR count). The zero-order valence-corrected chi connectivity index (χ0v) is 31.4. The molecule has 0 bridgehead atoms. The van der Waals surface area contributed by atoms with Crippen molar-refractivity contribution >= 4 is 12.1 Å². The van der Waals surface area contributed by atoms with E-state index in [1.807, 2.05) is 121 Å². The van der Waals surface area contributed by atoms with Crippen LogP contribution in [0.4, 0.5) is 4.79 Å². The SMILES string of the molecule is CC(C)(C)OC(=O)N[C@H](CCC[C@@H]1O[C@H](COCc2ccccc2)[C@H](OCc2ccccc2)[C@H](OCc2ccccc2)[C@H]1OCc1ccccc1)C(=O)O. The predicted molar refractivity (Wildman–Crippen MR) is 204 cm³/mol. The molecule has 0 spiro atoms. The Kier molecular flexibility index (Phi) is 15.6. The lowest BCUT2D eigenvalue weighted by Gasteiger charge is -2.46. The Bertz CT molecular complexity index is 1670. The van der Waals surface area contributed by atoms with Gasteiger partial charge in [-0.2, -0.15) is 0 Å². The minimum Gasteiger partial charge on any atom is -0.480 e. The maximum Gasteiger partial charge on any atom is 0.408 e. The maximum atomic E-state index is 12.5. The summed E-state index contributed by atoms with van der Waals surface area (Å²) in [6.07, 6.45) is -2.63. The number of amides is 1. The van der Waals surface area contributed by atoms with Crippen molar-refractivity contribution in [1.29, 1.82) is 0 Å². The van der Waals surface area contributed by atoms with Crippen LogP contribution in [0.15, 0.2) is 121 Å². The number of carboxylic acids is 1. The summed E-state index contributed by atoms with van der Waals surface area (Å²) in [6, 6.07) is 38.6. The van der Waals surface area contributed by atoms with Crippen molar-refractivity contribution in [1.82, 2.24) is 5.32 Å². The van der Waals surface area contributed by atoms with Gasteiger partial charge in [0, 0.05) is 0 Å². The summed E-state index contributed by atoms with van der Waals surface area (Å²) < 4.78 is 38.8. The number of benzene rings is 4. The molecule has 1 aliphatic heterocycles. The standard InChI is InChI=1S/C44H53NO9/c1-44(2,3)54-43(48)45-36(42(46)47)25-16-26-37-39(50-28-33-19-10-5-11-20-33)41(52-30-35-23-14-7-15-24-35)40(51-29-34-21-12-6-13-22-34)38(53-37)31-49-27-32-17-8-4-9-18-32/h4-15,17-24,36-41H,16,25-31H2,1-3H3,(H,45,48)(H,46,47)/t36-,37+,38-,39+,40+,41-/m1/s1. The lowest BCUT2D eigenvalue weighted by Crippen LogP contribution is -2.61. The molecule has 10 heteroatoms. The monoisotopic (exact) mass is 739 g/mol. The van der Waals surface area contributed by atoms with Crippen molar-refractivity contribution in [3.8, 4) is 0 Å². The number of carboxylic acid groups (broad SMARTS) is 1. The number of rotatable bonds is 19. The van der Waals surface area contributed by atoms with Crippen molar-refractivity contribution in [2.75, 3.05) is 6.61 Å². The summed E-state index contributed by atoms with van der Waals surface area (Å²) in [5.74, 6) is -1.15. The number of aliphatic carboxylic acids is 1. The van der Waals surface area contributed by atoms with E-state index in [1.165, 1.54) is 0 Å². The van der Waals surface area contributed by atoms with Gasteiger partial charge in [0.2, 0.25) is 0 Å². The number of carbonyl (C=O) groups is 2. The molecule has 6 atom stereocenters. The smallest absolute Gasteiger partial charge is 0.408 e. The van der Waals surface area contributed by atoms with Crippen molar-refractivity contribution in [3.63, 3.8) is 0 Å². The molecular formula is C44H53NO9. The minimum absolute atomic E-state index is 0.151. The van der Waals surface area contributed by atoms with E-state index in [0.29, 0.717) is 39.3 Å². The molecule has 1 fully saturated rings. The lowest BCUT2D eigenvalue weighted by atomic mass is 9.91. The number of hydrogen-bond donors (Lipinski definition) is 2. The molecule has 0 saturated carbocycles. The van der Waals surface area contributed by atoms with Crippen LogP contribution in [0, 0.1) is 0 Å². The van der Waals surface area contributed by atoms with Crippen LogP contribution in [0.3, 0.4) is 0 Å². The van der Waals surface area contributed by atoms with E-state index in [2.05, 4.69) is 5.32 Å². The van der Waals surface area contributed by atoms with Crippen molar-refractivity contribution < 1.29 is 43.1 Å². The van der Waals surface area contributed by atoms with Gasteiger partial charge in [-0.15, -0.1) is 0 Å². The molecular weight excluding hydrogens is 686 g/mol. The Balaban J connectivity index is 1.42. The van der Waals surface area contributed by atoms with Crippen LogP contribution in [-0.4, -0.2) is 65.9 Å². The van der Waals surface area contributed by atoms with E-state index in [9.17, 15) is 14.7 Å². The van der Waals surface area contributed by atoms with Gasteiger partial charge >= 0.3 is 12.1 Å². The van der Waals surface area contributed by atoms with E-state index in [0.717, 1.165) is 22.3 Å². The van der Waals surface area contributed by atoms with Crippen LogP contribution in [0.1, 0.15) is 62.3 Å². The van der Waals surface area contributed by atoms with Crippen LogP contribution < -0.4 is 5.32 Å². The highest BCUT2D eigenvalue weighted by Crippen LogP contribution is 2.33. The molecule has 1 aliphatic rings. The predicted octanol–water partition coefficient (Wildman–Crippen LogP) is 7.88. The maximum absolute atomic E-state index is 12.5. The number of nitrogens with one attached hydrogen (secondary N) is 1. The second-order valence-corrected chi connectivity index (χ2v) is 14.5. The number of hydrogen-bond acceptors (Lipinski definition) is 8. The van der Waals surface area contributed by atoms with Crippen LogP contribution in [0.25, 0.3) is 0 Å². The molecule has 288 valence electrons. The van der Waals surface area contributed by atoms with E-state index >= 15 is 0 Å². The lowest BCUT2D eigenvalue weighted by molar-refractivity contribution is -0.273. The quantitative estimate of drug-likeness (QED) is 0.0990. The third-order valence-electron chi connectivity index (χ3n) is 8.95. The first-order chi connectivity index (χ1) is 26.1. The molecule has 2 N–H and O–H groups in total. The Hall–Kier alpha value is -4.58. The van der Waals surface area contributed by atoms with Crippen molar-refractivity contribution in [2.24, 2.45) is 0 Å². The topological polar surface area (TPSA) is 122 Å². The highest BCUT2D eigenvalue weighted by atomic mass is 16.6. The van der Waals surface area contributed by atoms with Crippen LogP contribution >= 0.6 is 0 Å². The second kappa shape index (κ2) is 20.8. The Morgan fingerprint density at radius 2 is 1.07 bits per heavy atom. The largest absolute Gasteiger partial charge is 0.480 e. The summed E-state index contributed by atoms with van der Waals surface area (Å²) in [5, 5.41) is 12.5. The average molecular weight is 740 g/mol. The van der Waals surface area contributed by atoms with Gasteiger partial charge < -0.3 is 38.8 Å². The summed E-state index contributed by atoms with van der Waals surface area (Å²) >= 11 is 0. The first-order valence-electron chi connectivity index (χ1n) is 18.6. The average Bonchev–Trinajstić information content (AvgIpc) is 3.16. The first kappa shape index (κ1) is 40.6. The van der Waals surface area contributed by atoms with Crippen LogP contribution in [0.5, 0.6) is 0 Å². The van der Waals surface area contributed by atoms with E-state index < -0.39 is 54.2 Å². The van der Waals surface area contributed by atoms with Gasteiger partial charge in [0.15, 0.2) is 0 Å². The normalized spacial score (nSPS) is 20.5. The first-order valence-corrected chi connectivity index (χ1v) is 18.6. The molecule has 0 radical (unpaired) electrons. The van der Waals surface area contributed by atoms with E-state index in [1.54, 1.807) is 20.8 Å². The molecule has 4 aromatic carbocycles. The molecule has 10 nitrogen and oxygen atoms in total. The van der Waals surface area contributed by atoms with Gasteiger partial charge in [-0.25, -0.2) is 9.59 Å². The van der Waals surface area contributed by atoms with Gasteiger partial charge in [-0.05, 0) is 62.3 Å². The fourth-order valence-corrected chi connectivity index (χ4v) is 6.35. The fourth-order valence-electron chi connectivity index (χ4n) is 6.35. The zero-order valence-electron chi connectivity index (χ0n) is 31.4. The van der Waals surface area contributed by atoms with Crippen LogP contribution in [0.2, 0.25) is 0 Å². The molecule has 1 amide bonds. The van der Waals surface area contributed by atoms with Gasteiger partial charge in [0.1, 0.15) is 36.1 Å². The van der Waals surface area contributed by atoms with Crippen molar-refractivity contribution in [2.45, 2.75) is 109 Å². The molecule has 1 saturated heterocycles. The fraction of sp³-hybridized carbons (Fsp3) is 0.409. The highest BCUT2D eigenvalue weighted by Gasteiger charge is 2.48. The van der Waals surface area contributed by atoms with Crippen molar-refractivity contribution in [3.05, 3.63) is 144 Å². The second-order valence-electron chi connectivity index (χ2n) is 14.5. The van der Waals surface area contributed by atoms with Crippen LogP contribution in [-0.2, 0) is 59.6 Å². The van der Waals surface area contributed by atoms with E-state index in [4.69, 9.17) is 28.4 Å². The third kappa shape index (κ3) is 13.4. The Labute approximate surface area is 318 Å². The molecule has 4 aromatic rings. The number of alkyl carbamates (subject to hydrolysis) is 1. The number of ether oxygens (including phenoxy) is 6. The molecule has 0 aromatic heterocycles. The highest BCUT2D eigenvalue weighted by molar-refractivity contribution is 5.79. The molecule has 54 heavy (non-hydrogen) atoms. The Morgan fingerprint density at radius 1 is 0.648 bits per heavy atom. The third-order valence-corrected chi connectivity index (χ3v) is 8.95. The minimum atomic E-state index is -1.15. The van der Waals surface area contributed by atoms with Gasteiger partial charge in [0.25, 0.3) is 0 Å². The Morgan fingerprint density at radius 3 is 1.52 bits per heavy atom. The van der Waals surface area contributed by atoms with E-state index in [-0.39, 0.29) is 13.0 Å². The summed E-state index contributed by atoms with van der Waals surface area (Å²) in [4.78, 5) is 24.7. The molecule has 0 aliphatic carbocycles. The van der Waals surface area contributed by atoms with Gasteiger partial charge in [-0.1, -0.05) is 121 Å². The zero-order chi connectivity index (χ0) is 38.2. The summed E-state index contributed by atoms with van der Waals surface area (Å²) in [5.41, 5.74) is 3.26. The molecule has 1 heterocycles. The van der Waals surface area contributed by atoms with Gasteiger partial charge in [-0.3, -0.25) is 0 Å². The molecule has 0 unspecified atom stereocenters. The summed E-state index contributed by atoms with van der Waals surface area (Å²) in [7, 11) is 0. The summed E-state index contributed by atoms with van der Waals surface area (Å²) in [6.45, 7) is 6.72. The van der Waals surface area contributed by atoms with Gasteiger partial charge in [0.05, 0.1) is 39.1 Å². The number of carbonyl (C=O) groups excluding carboxylic acids is 1.